The van der Waals surface area contributed by atoms with Crippen molar-refractivity contribution < 1.29 is 19.9 Å². The van der Waals surface area contributed by atoms with E-state index in [0.717, 1.165) is 5.56 Å². The molecule has 0 heterocycles. The van der Waals surface area contributed by atoms with E-state index in [1.807, 2.05) is 5.48 Å². The highest BCUT2D eigenvalue weighted by Gasteiger charge is 2.18. The Hall–Kier alpha value is -2.08. The molecule has 0 radical (unpaired) electrons. The van der Waals surface area contributed by atoms with Crippen molar-refractivity contribution >= 4 is 17.6 Å². The topological polar surface area (TPSA) is 98.7 Å². The molecule has 6 nitrogen and oxygen atoms in total. The highest BCUT2D eigenvalue weighted by atomic mass is 16.5. The van der Waals surface area contributed by atoms with Crippen LogP contribution < -0.4 is 10.8 Å². The van der Waals surface area contributed by atoms with Crippen LogP contribution in [0.1, 0.15) is 12.5 Å². The van der Waals surface area contributed by atoms with Crippen molar-refractivity contribution in [3.8, 4) is 0 Å². The molecule has 0 unspecified atom stereocenters. The van der Waals surface area contributed by atoms with Gasteiger partial charge in [0.2, 0.25) is 5.91 Å². The molecule has 17 heavy (non-hydrogen) atoms. The van der Waals surface area contributed by atoms with Gasteiger partial charge >= 0.3 is 5.97 Å². The summed E-state index contributed by atoms with van der Waals surface area (Å²) in [5.74, 6) is -1.46. The zero-order chi connectivity index (χ0) is 12.8. The van der Waals surface area contributed by atoms with E-state index in [9.17, 15) is 9.59 Å². The third kappa shape index (κ3) is 4.12. The molecule has 0 aliphatic carbocycles. The molecule has 6 heteroatoms. The van der Waals surface area contributed by atoms with Gasteiger partial charge in [0.05, 0.1) is 5.69 Å². The van der Waals surface area contributed by atoms with Crippen molar-refractivity contribution in [2.45, 2.75) is 19.4 Å². The molecule has 0 saturated carbocycles. The van der Waals surface area contributed by atoms with E-state index in [1.54, 1.807) is 24.3 Å². The first kappa shape index (κ1) is 13.0. The molecular weight excluding hydrogens is 224 g/mol. The molecule has 0 saturated heterocycles. The lowest BCUT2D eigenvalue weighted by Gasteiger charge is -2.13. The number of hydrogen-bond donors (Lipinski definition) is 4. The Balaban J connectivity index is 2.71. The number of nitrogens with one attached hydrogen (secondary N) is 2. The van der Waals surface area contributed by atoms with Gasteiger partial charge in [-0.05, 0) is 17.7 Å². The van der Waals surface area contributed by atoms with E-state index in [0.29, 0.717) is 5.69 Å². The number of rotatable bonds is 5. The fraction of sp³-hybridized carbons (Fsp3) is 0.273. The fourth-order valence-corrected chi connectivity index (χ4v) is 1.40. The summed E-state index contributed by atoms with van der Waals surface area (Å²) in [7, 11) is 0. The number of hydrogen-bond acceptors (Lipinski definition) is 4. The van der Waals surface area contributed by atoms with Crippen LogP contribution in [-0.4, -0.2) is 28.2 Å². The molecule has 0 aliphatic heterocycles. The average molecular weight is 238 g/mol. The van der Waals surface area contributed by atoms with Gasteiger partial charge in [0.1, 0.15) is 6.04 Å². The Labute approximate surface area is 98.2 Å². The second-order valence-corrected chi connectivity index (χ2v) is 3.60. The monoisotopic (exact) mass is 238 g/mol. The van der Waals surface area contributed by atoms with Crippen molar-refractivity contribution in [2.24, 2.45) is 0 Å². The molecule has 0 aromatic heterocycles. The standard InChI is InChI=1S/C11H14N2O4/c1-7(14)12-10(11(15)16)6-8-2-4-9(13-17)5-3-8/h2-5,10,13,17H,6H2,1H3,(H,12,14)(H,15,16)/t10-/m1/s1. The maximum atomic E-state index is 10.9. The van der Waals surface area contributed by atoms with E-state index in [2.05, 4.69) is 5.32 Å². The third-order valence-electron chi connectivity index (χ3n) is 2.20. The van der Waals surface area contributed by atoms with E-state index >= 15 is 0 Å². The van der Waals surface area contributed by atoms with Crippen LogP contribution in [0.5, 0.6) is 0 Å². The quantitative estimate of drug-likeness (QED) is 0.564. The number of carboxylic acid groups (broad SMARTS) is 1. The van der Waals surface area contributed by atoms with Gasteiger partial charge in [-0.15, -0.1) is 0 Å². The Morgan fingerprint density at radius 2 is 1.88 bits per heavy atom. The van der Waals surface area contributed by atoms with E-state index in [-0.39, 0.29) is 12.3 Å². The number of carbonyl (C=O) groups excluding carboxylic acids is 1. The second kappa shape index (κ2) is 5.86. The van der Waals surface area contributed by atoms with Crippen molar-refractivity contribution in [3.63, 3.8) is 0 Å². The Kier molecular flexibility index (Phi) is 4.47. The fourth-order valence-electron chi connectivity index (χ4n) is 1.40. The summed E-state index contributed by atoms with van der Waals surface area (Å²) in [6.45, 7) is 1.27. The summed E-state index contributed by atoms with van der Waals surface area (Å²) < 4.78 is 0. The number of anilines is 1. The van der Waals surface area contributed by atoms with Gasteiger partial charge in [0.15, 0.2) is 0 Å². The molecule has 1 rings (SSSR count). The summed E-state index contributed by atoms with van der Waals surface area (Å²) in [5, 5.41) is 19.9. The molecule has 1 aromatic carbocycles. The molecule has 0 spiro atoms. The minimum Gasteiger partial charge on any atom is -0.480 e. The van der Waals surface area contributed by atoms with Gasteiger partial charge in [0.25, 0.3) is 0 Å². The smallest absolute Gasteiger partial charge is 0.326 e. The lowest BCUT2D eigenvalue weighted by atomic mass is 10.1. The zero-order valence-electron chi connectivity index (χ0n) is 9.30. The lowest BCUT2D eigenvalue weighted by Crippen LogP contribution is -2.41. The number of amides is 1. The molecular formula is C11H14N2O4. The summed E-state index contributed by atoms with van der Waals surface area (Å²) in [4.78, 5) is 21.7. The van der Waals surface area contributed by atoms with Gasteiger partial charge < -0.3 is 10.4 Å². The van der Waals surface area contributed by atoms with Crippen molar-refractivity contribution in [3.05, 3.63) is 29.8 Å². The van der Waals surface area contributed by atoms with Crippen LogP contribution in [0.25, 0.3) is 0 Å². The summed E-state index contributed by atoms with van der Waals surface area (Å²) in [6, 6.07) is 5.64. The number of benzene rings is 1. The Morgan fingerprint density at radius 1 is 1.29 bits per heavy atom. The van der Waals surface area contributed by atoms with Crippen LogP contribution in [0, 0.1) is 0 Å². The van der Waals surface area contributed by atoms with Crippen molar-refractivity contribution in [1.82, 2.24) is 5.32 Å². The van der Waals surface area contributed by atoms with Crippen molar-refractivity contribution in [1.29, 1.82) is 0 Å². The molecule has 0 fully saturated rings. The normalized spacial score (nSPS) is 11.6. The van der Waals surface area contributed by atoms with E-state index in [4.69, 9.17) is 10.3 Å². The van der Waals surface area contributed by atoms with Crippen LogP contribution in [0.3, 0.4) is 0 Å². The van der Waals surface area contributed by atoms with Gasteiger partial charge in [-0.25, -0.2) is 4.79 Å². The predicted molar refractivity (Wildman–Crippen MR) is 60.8 cm³/mol. The summed E-state index contributed by atoms with van der Waals surface area (Å²) in [6.07, 6.45) is 0.195. The molecule has 0 aliphatic rings. The highest BCUT2D eigenvalue weighted by molar-refractivity contribution is 5.82. The predicted octanol–water partition coefficient (Wildman–Crippen LogP) is 0.619. The third-order valence-corrected chi connectivity index (χ3v) is 2.20. The largest absolute Gasteiger partial charge is 0.480 e. The van der Waals surface area contributed by atoms with Crippen LogP contribution in [0.15, 0.2) is 24.3 Å². The van der Waals surface area contributed by atoms with Crippen LogP contribution in [0.2, 0.25) is 0 Å². The lowest BCUT2D eigenvalue weighted by molar-refractivity contribution is -0.141. The van der Waals surface area contributed by atoms with Gasteiger partial charge in [-0.3, -0.25) is 15.5 Å². The number of aliphatic carboxylic acids is 1. The first-order chi connectivity index (χ1) is 8.02. The number of carbonyl (C=O) groups is 2. The molecule has 1 aromatic rings. The highest BCUT2D eigenvalue weighted by Crippen LogP contribution is 2.10. The Bertz CT molecular complexity index is 402. The average Bonchev–Trinajstić information content (AvgIpc) is 2.28. The maximum absolute atomic E-state index is 10.9. The van der Waals surface area contributed by atoms with Crippen LogP contribution in [0.4, 0.5) is 5.69 Å². The maximum Gasteiger partial charge on any atom is 0.326 e. The minimum atomic E-state index is -1.08. The molecule has 92 valence electrons. The second-order valence-electron chi connectivity index (χ2n) is 3.60. The molecule has 1 atom stereocenters. The first-order valence-corrected chi connectivity index (χ1v) is 5.02. The first-order valence-electron chi connectivity index (χ1n) is 5.02. The molecule has 4 N–H and O–H groups in total. The molecule has 0 bridgehead atoms. The number of carboxylic acids is 1. The van der Waals surface area contributed by atoms with Crippen molar-refractivity contribution in [2.75, 3.05) is 5.48 Å². The summed E-state index contributed by atoms with van der Waals surface area (Å²) in [5.41, 5.74) is 3.25. The van der Waals surface area contributed by atoms with Gasteiger partial charge in [0, 0.05) is 13.3 Å². The van der Waals surface area contributed by atoms with Crippen LogP contribution in [-0.2, 0) is 16.0 Å². The SMILES string of the molecule is CC(=O)N[C@H](Cc1ccc(NO)cc1)C(=O)O. The summed E-state index contributed by atoms with van der Waals surface area (Å²) >= 11 is 0. The van der Waals surface area contributed by atoms with Crippen LogP contribution >= 0.6 is 0 Å². The van der Waals surface area contributed by atoms with E-state index < -0.39 is 12.0 Å². The Morgan fingerprint density at radius 3 is 2.29 bits per heavy atom. The zero-order valence-corrected chi connectivity index (χ0v) is 9.30. The van der Waals surface area contributed by atoms with Gasteiger partial charge in [-0.2, -0.15) is 0 Å². The molecule has 1 amide bonds. The van der Waals surface area contributed by atoms with E-state index in [1.165, 1.54) is 6.92 Å². The van der Waals surface area contributed by atoms with Gasteiger partial charge in [-0.1, -0.05) is 12.1 Å². The minimum absolute atomic E-state index is 0.195.